The minimum atomic E-state index is -0.207. The molecule has 0 aromatic carbocycles. The van der Waals surface area contributed by atoms with E-state index in [2.05, 4.69) is 12.2 Å². The van der Waals surface area contributed by atoms with Gasteiger partial charge in [0.2, 0.25) is 0 Å². The van der Waals surface area contributed by atoms with Crippen LogP contribution in [0.1, 0.15) is 33.1 Å². The Kier molecular flexibility index (Phi) is 3.50. The van der Waals surface area contributed by atoms with Crippen LogP contribution in [0.25, 0.3) is 0 Å². The van der Waals surface area contributed by atoms with Crippen LogP contribution >= 0.6 is 0 Å². The van der Waals surface area contributed by atoms with E-state index in [-0.39, 0.29) is 6.10 Å². The van der Waals surface area contributed by atoms with Crippen LogP contribution in [0.2, 0.25) is 0 Å². The summed E-state index contributed by atoms with van der Waals surface area (Å²) in [5, 5.41) is 12.6. The summed E-state index contributed by atoms with van der Waals surface area (Å²) in [5.41, 5.74) is 5.66. The van der Waals surface area contributed by atoms with Gasteiger partial charge >= 0.3 is 0 Å². The molecule has 1 rings (SSSR count). The van der Waals surface area contributed by atoms with Gasteiger partial charge in [-0.3, -0.25) is 0 Å². The van der Waals surface area contributed by atoms with Crippen molar-refractivity contribution in [3.63, 3.8) is 0 Å². The Morgan fingerprint density at radius 3 is 2.50 bits per heavy atom. The molecule has 0 bridgehead atoms. The van der Waals surface area contributed by atoms with Crippen LogP contribution in [0.15, 0.2) is 0 Å². The minimum Gasteiger partial charge on any atom is -0.393 e. The van der Waals surface area contributed by atoms with Crippen molar-refractivity contribution >= 4 is 0 Å². The second kappa shape index (κ2) is 4.21. The zero-order valence-electron chi connectivity index (χ0n) is 7.96. The third kappa shape index (κ3) is 3.09. The van der Waals surface area contributed by atoms with Crippen molar-refractivity contribution in [1.82, 2.24) is 5.32 Å². The summed E-state index contributed by atoms with van der Waals surface area (Å²) >= 11 is 0. The smallest absolute Gasteiger partial charge is 0.0526 e. The van der Waals surface area contributed by atoms with Gasteiger partial charge in [-0.05, 0) is 33.1 Å². The van der Waals surface area contributed by atoms with Gasteiger partial charge in [-0.25, -0.2) is 0 Å². The highest BCUT2D eigenvalue weighted by molar-refractivity contribution is 4.89. The summed E-state index contributed by atoms with van der Waals surface area (Å²) in [6, 6.07) is 1.40. The molecule has 1 aliphatic rings. The van der Waals surface area contributed by atoms with Crippen molar-refractivity contribution in [1.29, 1.82) is 0 Å². The molecule has 0 aliphatic heterocycles. The van der Waals surface area contributed by atoms with E-state index < -0.39 is 0 Å². The van der Waals surface area contributed by atoms with Gasteiger partial charge in [0.25, 0.3) is 0 Å². The Morgan fingerprint density at radius 1 is 1.50 bits per heavy atom. The maximum Gasteiger partial charge on any atom is 0.0526 e. The van der Waals surface area contributed by atoms with Crippen LogP contribution in [0, 0.1) is 0 Å². The van der Waals surface area contributed by atoms with Gasteiger partial charge in [-0.15, -0.1) is 0 Å². The van der Waals surface area contributed by atoms with Crippen LogP contribution in [-0.4, -0.2) is 29.3 Å². The van der Waals surface area contributed by atoms with Crippen molar-refractivity contribution in [3.8, 4) is 0 Å². The highest BCUT2D eigenvalue weighted by Crippen LogP contribution is 2.18. The number of hydrogen-bond donors (Lipinski definition) is 3. The molecule has 0 radical (unpaired) electrons. The molecule has 72 valence electrons. The van der Waals surface area contributed by atoms with Crippen molar-refractivity contribution in [2.24, 2.45) is 5.73 Å². The van der Waals surface area contributed by atoms with Crippen LogP contribution in [0.3, 0.4) is 0 Å². The average Bonchev–Trinajstić information content (AvgIpc) is 1.82. The molecule has 1 fully saturated rings. The van der Waals surface area contributed by atoms with E-state index in [1.165, 1.54) is 0 Å². The van der Waals surface area contributed by atoms with E-state index in [4.69, 9.17) is 10.8 Å². The number of nitrogens with two attached hydrogens (primary N) is 1. The van der Waals surface area contributed by atoms with Crippen molar-refractivity contribution < 1.29 is 5.11 Å². The van der Waals surface area contributed by atoms with E-state index in [1.54, 1.807) is 0 Å². The monoisotopic (exact) mass is 172 g/mol. The fraction of sp³-hybridized carbons (Fsp3) is 1.00. The van der Waals surface area contributed by atoms with E-state index in [0.717, 1.165) is 19.3 Å². The maximum atomic E-state index is 9.11. The predicted molar refractivity (Wildman–Crippen MR) is 49.9 cm³/mol. The van der Waals surface area contributed by atoms with Crippen LogP contribution in [-0.2, 0) is 0 Å². The normalized spacial score (nSPS) is 34.0. The lowest BCUT2D eigenvalue weighted by Crippen LogP contribution is -2.51. The van der Waals surface area contributed by atoms with Gasteiger partial charge in [0.1, 0.15) is 0 Å². The summed E-state index contributed by atoms with van der Waals surface area (Å²) in [7, 11) is 0. The molecule has 0 amide bonds. The molecule has 1 saturated carbocycles. The molecule has 1 aliphatic carbocycles. The van der Waals surface area contributed by atoms with E-state index in [0.29, 0.717) is 18.1 Å². The summed E-state index contributed by atoms with van der Waals surface area (Å²) in [5.74, 6) is 0. The Hall–Kier alpha value is -0.120. The molecule has 0 aromatic rings. The second-order valence-electron chi connectivity index (χ2n) is 4.08. The lowest BCUT2D eigenvalue weighted by Gasteiger charge is -2.35. The summed E-state index contributed by atoms with van der Waals surface area (Å²) < 4.78 is 0. The Bertz CT molecular complexity index is 132. The molecule has 2 unspecified atom stereocenters. The molecule has 12 heavy (non-hydrogen) atoms. The fourth-order valence-electron chi connectivity index (χ4n) is 1.78. The molecule has 0 aromatic heterocycles. The van der Waals surface area contributed by atoms with E-state index >= 15 is 0 Å². The molecule has 0 saturated heterocycles. The zero-order valence-corrected chi connectivity index (χ0v) is 7.96. The highest BCUT2D eigenvalue weighted by atomic mass is 16.3. The number of rotatable bonds is 4. The molecule has 3 heteroatoms. The van der Waals surface area contributed by atoms with Gasteiger partial charge in [0, 0.05) is 18.1 Å². The molecular formula is C9H20N2O. The Balaban J connectivity index is 2.06. The maximum absolute atomic E-state index is 9.11. The first-order valence-electron chi connectivity index (χ1n) is 4.77. The number of aliphatic hydroxyl groups excluding tert-OH is 1. The van der Waals surface area contributed by atoms with Crippen molar-refractivity contribution in [2.45, 2.75) is 57.3 Å². The van der Waals surface area contributed by atoms with Gasteiger partial charge < -0.3 is 16.2 Å². The highest BCUT2D eigenvalue weighted by Gasteiger charge is 2.26. The van der Waals surface area contributed by atoms with E-state index in [9.17, 15) is 0 Å². The quantitative estimate of drug-likeness (QED) is 0.569. The topological polar surface area (TPSA) is 58.3 Å². The van der Waals surface area contributed by atoms with E-state index in [1.807, 2.05) is 6.92 Å². The molecule has 0 spiro atoms. The second-order valence-corrected chi connectivity index (χ2v) is 4.08. The third-order valence-electron chi connectivity index (χ3n) is 2.39. The molecule has 4 N–H and O–H groups in total. The average molecular weight is 172 g/mol. The van der Waals surface area contributed by atoms with Gasteiger partial charge in [0.05, 0.1) is 6.10 Å². The first-order valence-corrected chi connectivity index (χ1v) is 4.77. The van der Waals surface area contributed by atoms with Crippen molar-refractivity contribution in [2.75, 3.05) is 0 Å². The summed E-state index contributed by atoms with van der Waals surface area (Å²) in [6.45, 7) is 3.93. The van der Waals surface area contributed by atoms with Gasteiger partial charge in [-0.2, -0.15) is 0 Å². The summed E-state index contributed by atoms with van der Waals surface area (Å²) in [6.07, 6.45) is 2.79. The minimum absolute atomic E-state index is 0.207. The van der Waals surface area contributed by atoms with Gasteiger partial charge in [0.15, 0.2) is 0 Å². The standard InChI is InChI=1S/C9H20N2O/c1-6(3-7(2)12)11-9-4-8(10)5-9/h6-9,11-12H,3-5,10H2,1-2H3. The van der Waals surface area contributed by atoms with Crippen LogP contribution in [0.5, 0.6) is 0 Å². The Morgan fingerprint density at radius 2 is 2.08 bits per heavy atom. The lowest BCUT2D eigenvalue weighted by molar-refractivity contribution is 0.160. The first kappa shape index (κ1) is 9.96. The largest absolute Gasteiger partial charge is 0.393 e. The molecule has 2 atom stereocenters. The Labute approximate surface area is 74.3 Å². The zero-order chi connectivity index (χ0) is 9.14. The summed E-state index contributed by atoms with van der Waals surface area (Å²) in [4.78, 5) is 0. The number of nitrogens with one attached hydrogen (secondary N) is 1. The number of hydrogen-bond acceptors (Lipinski definition) is 3. The van der Waals surface area contributed by atoms with Crippen LogP contribution < -0.4 is 11.1 Å². The molecular weight excluding hydrogens is 152 g/mol. The fourth-order valence-corrected chi connectivity index (χ4v) is 1.78. The SMILES string of the molecule is CC(O)CC(C)NC1CC(N)C1. The predicted octanol–water partition coefficient (Wildman–Crippen LogP) is 0.225. The lowest BCUT2D eigenvalue weighted by atomic mass is 9.87. The first-order chi connectivity index (χ1) is 5.58. The van der Waals surface area contributed by atoms with Crippen molar-refractivity contribution in [3.05, 3.63) is 0 Å². The molecule has 3 nitrogen and oxygen atoms in total. The van der Waals surface area contributed by atoms with Gasteiger partial charge in [-0.1, -0.05) is 0 Å². The third-order valence-corrected chi connectivity index (χ3v) is 2.39. The number of aliphatic hydroxyl groups is 1. The molecule has 0 heterocycles. The van der Waals surface area contributed by atoms with Crippen LogP contribution in [0.4, 0.5) is 0 Å².